The fourth-order valence-electron chi connectivity index (χ4n) is 3.18. The largest absolute Gasteiger partial charge is 0.361 e. The first-order chi connectivity index (χ1) is 10.8. The molecule has 2 N–H and O–H groups in total. The van der Waals surface area contributed by atoms with E-state index in [1.165, 1.54) is 40.6 Å². The van der Waals surface area contributed by atoms with Crippen molar-refractivity contribution in [3.8, 4) is 0 Å². The van der Waals surface area contributed by atoms with E-state index in [4.69, 9.17) is 0 Å². The fraction of sp³-hybridized carbons (Fsp3) is 0.389. The van der Waals surface area contributed by atoms with Crippen LogP contribution in [-0.2, 0) is 20.0 Å². The van der Waals surface area contributed by atoms with Crippen molar-refractivity contribution in [3.63, 3.8) is 0 Å². The van der Waals surface area contributed by atoms with E-state index in [9.17, 15) is 0 Å². The summed E-state index contributed by atoms with van der Waals surface area (Å²) in [5, 5.41) is 9.53. The third-order valence-electron chi connectivity index (χ3n) is 4.46. The number of aromatic amines is 1. The summed E-state index contributed by atoms with van der Waals surface area (Å²) in [7, 11) is 2.02. The molecular formula is C18H22N4. The smallest absolute Gasteiger partial charge is 0.0700 e. The van der Waals surface area contributed by atoms with Crippen molar-refractivity contribution < 1.29 is 0 Å². The molecule has 4 heteroatoms. The molecule has 0 saturated heterocycles. The number of aromatic nitrogens is 3. The van der Waals surface area contributed by atoms with Crippen LogP contribution in [0, 0.1) is 0 Å². The molecule has 0 atom stereocenters. The second-order valence-corrected chi connectivity index (χ2v) is 6.27. The second-order valence-electron chi connectivity index (χ2n) is 6.27. The van der Waals surface area contributed by atoms with Crippen molar-refractivity contribution >= 4 is 10.9 Å². The average Bonchev–Trinajstić information content (AvgIpc) is 3.19. The molecule has 1 fully saturated rings. The zero-order valence-electron chi connectivity index (χ0n) is 13.0. The molecule has 1 saturated carbocycles. The number of aryl methyl sites for hydroxylation is 1. The van der Waals surface area contributed by atoms with Crippen molar-refractivity contribution in [1.82, 2.24) is 20.1 Å². The molecule has 4 rings (SSSR count). The van der Waals surface area contributed by atoms with E-state index >= 15 is 0 Å². The van der Waals surface area contributed by atoms with E-state index in [-0.39, 0.29) is 0 Å². The van der Waals surface area contributed by atoms with E-state index in [0.717, 1.165) is 19.5 Å². The highest BCUT2D eigenvalue weighted by Gasteiger charge is 2.28. The molecule has 4 nitrogen and oxygen atoms in total. The van der Waals surface area contributed by atoms with Crippen LogP contribution in [0.15, 0.2) is 36.7 Å². The minimum atomic E-state index is 0.714. The third kappa shape index (κ3) is 2.66. The molecule has 1 aliphatic carbocycles. The minimum absolute atomic E-state index is 0.714. The van der Waals surface area contributed by atoms with Crippen molar-refractivity contribution in [3.05, 3.63) is 53.5 Å². The molecule has 2 heterocycles. The molecular weight excluding hydrogens is 272 g/mol. The van der Waals surface area contributed by atoms with Crippen LogP contribution >= 0.6 is 0 Å². The summed E-state index contributed by atoms with van der Waals surface area (Å²) in [5.41, 5.74) is 5.28. The first-order valence-corrected chi connectivity index (χ1v) is 8.09. The Balaban J connectivity index is 1.36. The monoisotopic (exact) mass is 294 g/mol. The Hall–Kier alpha value is -2.07. The summed E-state index contributed by atoms with van der Waals surface area (Å²) < 4.78 is 1.95. The summed E-state index contributed by atoms with van der Waals surface area (Å²) in [4.78, 5) is 3.34. The van der Waals surface area contributed by atoms with Gasteiger partial charge in [-0.25, -0.2) is 0 Å². The lowest BCUT2D eigenvalue weighted by Crippen LogP contribution is -2.17. The van der Waals surface area contributed by atoms with Gasteiger partial charge in [-0.2, -0.15) is 5.10 Å². The average molecular weight is 294 g/mol. The molecule has 3 aromatic rings. The summed E-state index contributed by atoms with van der Waals surface area (Å²) in [6.45, 7) is 1.91. The lowest BCUT2D eigenvalue weighted by Gasteiger charge is -2.04. The number of hydrogen-bond acceptors (Lipinski definition) is 2. The Morgan fingerprint density at radius 1 is 1.27 bits per heavy atom. The Morgan fingerprint density at radius 2 is 2.14 bits per heavy atom. The van der Waals surface area contributed by atoms with E-state index in [2.05, 4.69) is 52.1 Å². The predicted molar refractivity (Wildman–Crippen MR) is 88.9 cm³/mol. The highest BCUT2D eigenvalue weighted by molar-refractivity contribution is 5.83. The number of H-pyrrole nitrogens is 1. The van der Waals surface area contributed by atoms with E-state index in [0.29, 0.717) is 5.92 Å². The number of benzene rings is 1. The summed E-state index contributed by atoms with van der Waals surface area (Å²) in [6, 6.07) is 8.49. The van der Waals surface area contributed by atoms with Gasteiger partial charge in [0.25, 0.3) is 0 Å². The van der Waals surface area contributed by atoms with Crippen LogP contribution in [0.3, 0.4) is 0 Å². The molecule has 114 valence electrons. The normalized spacial score (nSPS) is 14.8. The van der Waals surface area contributed by atoms with Gasteiger partial charge in [0.15, 0.2) is 0 Å². The first-order valence-electron chi connectivity index (χ1n) is 8.09. The van der Waals surface area contributed by atoms with Crippen molar-refractivity contribution in [2.45, 2.75) is 31.7 Å². The number of hydrogen-bond donors (Lipinski definition) is 2. The van der Waals surface area contributed by atoms with Gasteiger partial charge in [-0.3, -0.25) is 4.68 Å². The van der Waals surface area contributed by atoms with Crippen LogP contribution in [0.25, 0.3) is 10.9 Å². The van der Waals surface area contributed by atoms with Gasteiger partial charge in [-0.15, -0.1) is 0 Å². The number of rotatable bonds is 6. The number of fused-ring (bicyclic) bond motifs is 1. The van der Waals surface area contributed by atoms with Gasteiger partial charge in [0, 0.05) is 48.4 Å². The van der Waals surface area contributed by atoms with E-state index in [1.54, 1.807) is 0 Å². The van der Waals surface area contributed by atoms with Crippen LogP contribution in [-0.4, -0.2) is 21.3 Å². The van der Waals surface area contributed by atoms with Crippen LogP contribution in [0.2, 0.25) is 0 Å². The van der Waals surface area contributed by atoms with Gasteiger partial charge < -0.3 is 10.3 Å². The molecule has 0 spiro atoms. The highest BCUT2D eigenvalue weighted by atomic mass is 15.3. The Kier molecular flexibility index (Phi) is 3.47. The lowest BCUT2D eigenvalue weighted by atomic mass is 10.1. The van der Waals surface area contributed by atoms with Crippen LogP contribution in [0.4, 0.5) is 0 Å². The molecule has 0 radical (unpaired) electrons. The Labute approximate surface area is 130 Å². The summed E-state index contributed by atoms with van der Waals surface area (Å²) >= 11 is 0. The standard InChI is InChI=1S/C18H22N4/c1-22-12-15(18(21-22)13-6-7-13)10-19-9-8-14-11-20-17-5-3-2-4-16(14)17/h2-5,11-13,19-20H,6-10H2,1H3. The van der Waals surface area contributed by atoms with Gasteiger partial charge in [0.05, 0.1) is 5.69 Å². The molecule has 2 aromatic heterocycles. The first kappa shape index (κ1) is 13.6. The van der Waals surface area contributed by atoms with Gasteiger partial charge in [-0.05, 0) is 37.4 Å². The zero-order valence-corrected chi connectivity index (χ0v) is 13.0. The third-order valence-corrected chi connectivity index (χ3v) is 4.46. The number of nitrogens with one attached hydrogen (secondary N) is 2. The van der Waals surface area contributed by atoms with Gasteiger partial charge in [0.1, 0.15) is 0 Å². The Morgan fingerprint density at radius 3 is 3.00 bits per heavy atom. The van der Waals surface area contributed by atoms with Crippen LogP contribution in [0.1, 0.15) is 35.6 Å². The van der Waals surface area contributed by atoms with Crippen molar-refractivity contribution in [2.75, 3.05) is 6.54 Å². The number of nitrogens with zero attached hydrogens (tertiary/aromatic N) is 2. The fourth-order valence-corrected chi connectivity index (χ4v) is 3.18. The SMILES string of the molecule is Cn1cc(CNCCc2c[nH]c3ccccc23)c(C2CC2)n1. The van der Waals surface area contributed by atoms with Gasteiger partial charge >= 0.3 is 0 Å². The maximum absolute atomic E-state index is 4.61. The van der Waals surface area contributed by atoms with E-state index in [1.807, 2.05) is 11.7 Å². The summed E-state index contributed by atoms with van der Waals surface area (Å²) in [5.74, 6) is 0.714. The quantitative estimate of drug-likeness (QED) is 0.686. The van der Waals surface area contributed by atoms with Crippen LogP contribution in [0.5, 0.6) is 0 Å². The maximum atomic E-state index is 4.61. The molecule has 0 aliphatic heterocycles. The lowest BCUT2D eigenvalue weighted by molar-refractivity contribution is 0.683. The zero-order chi connectivity index (χ0) is 14.9. The molecule has 0 unspecified atom stereocenters. The second kappa shape index (κ2) is 5.61. The number of para-hydroxylation sites is 1. The van der Waals surface area contributed by atoms with Gasteiger partial charge in [0.2, 0.25) is 0 Å². The topological polar surface area (TPSA) is 45.6 Å². The predicted octanol–water partition coefficient (Wildman–Crippen LogP) is 3.11. The molecule has 22 heavy (non-hydrogen) atoms. The minimum Gasteiger partial charge on any atom is -0.361 e. The van der Waals surface area contributed by atoms with Crippen molar-refractivity contribution in [1.29, 1.82) is 0 Å². The molecule has 0 amide bonds. The molecule has 1 aliphatic rings. The van der Waals surface area contributed by atoms with E-state index < -0.39 is 0 Å². The van der Waals surface area contributed by atoms with Gasteiger partial charge in [-0.1, -0.05) is 18.2 Å². The molecule has 0 bridgehead atoms. The molecule has 1 aromatic carbocycles. The Bertz CT molecular complexity index is 779. The van der Waals surface area contributed by atoms with Crippen molar-refractivity contribution in [2.24, 2.45) is 7.05 Å². The summed E-state index contributed by atoms with van der Waals surface area (Å²) in [6.07, 6.45) is 7.94. The maximum Gasteiger partial charge on any atom is 0.0700 e. The van der Waals surface area contributed by atoms with Crippen LogP contribution < -0.4 is 5.32 Å². The highest BCUT2D eigenvalue weighted by Crippen LogP contribution is 2.40.